The van der Waals surface area contributed by atoms with Crippen molar-refractivity contribution in [1.29, 1.82) is 0 Å². The number of anilines is 1. The molecule has 1 aliphatic heterocycles. The Morgan fingerprint density at radius 1 is 1.57 bits per heavy atom. The van der Waals surface area contributed by atoms with Gasteiger partial charge in [0.1, 0.15) is 12.2 Å². The van der Waals surface area contributed by atoms with E-state index in [1.807, 2.05) is 0 Å². The Labute approximate surface area is 117 Å². The van der Waals surface area contributed by atoms with Crippen LogP contribution in [0.15, 0.2) is 11.1 Å². The van der Waals surface area contributed by atoms with Crippen molar-refractivity contribution in [3.05, 3.63) is 16.7 Å². The topological polar surface area (TPSA) is 175 Å². The van der Waals surface area contributed by atoms with E-state index in [1.165, 1.54) is 10.9 Å². The number of ether oxygens (including phenoxy) is 1. The summed E-state index contributed by atoms with van der Waals surface area (Å²) in [4.78, 5) is 26.7. The highest BCUT2D eigenvalue weighted by Gasteiger charge is 2.46. The number of hydrogen-bond acceptors (Lipinski definition) is 9. The van der Waals surface area contributed by atoms with Crippen LogP contribution in [0.5, 0.6) is 0 Å². The van der Waals surface area contributed by atoms with E-state index in [-0.39, 0.29) is 17.1 Å². The second-order valence-corrected chi connectivity index (χ2v) is 4.61. The molecular formula is C10H14N6O5. The normalized spacial score (nSPS) is 29.3. The summed E-state index contributed by atoms with van der Waals surface area (Å²) in [7, 11) is 0. The third-order valence-electron chi connectivity index (χ3n) is 3.37. The molecular weight excluding hydrogens is 284 g/mol. The zero-order chi connectivity index (χ0) is 15.1. The van der Waals surface area contributed by atoms with Gasteiger partial charge in [0.05, 0.1) is 12.9 Å². The minimum atomic E-state index is -1.14. The first-order valence-electron chi connectivity index (χ1n) is 6.09. The molecule has 7 N–H and O–H groups in total. The van der Waals surface area contributed by atoms with Gasteiger partial charge in [-0.1, -0.05) is 0 Å². The van der Waals surface area contributed by atoms with Crippen LogP contribution < -0.4 is 17.2 Å². The first-order chi connectivity index (χ1) is 10.1. The summed E-state index contributed by atoms with van der Waals surface area (Å²) in [6.07, 6.45) is -2.57. The number of nitrogens with two attached hydrogens (primary N) is 2. The molecule has 21 heavy (non-hydrogen) atoms. The van der Waals surface area contributed by atoms with Gasteiger partial charge in [0.2, 0.25) is 5.95 Å². The molecule has 0 spiro atoms. The zero-order valence-corrected chi connectivity index (χ0v) is 10.7. The Morgan fingerprint density at radius 3 is 3.00 bits per heavy atom. The van der Waals surface area contributed by atoms with Crippen LogP contribution in [0.1, 0.15) is 6.23 Å². The molecule has 2 aromatic rings. The van der Waals surface area contributed by atoms with Crippen molar-refractivity contribution in [1.82, 2.24) is 19.5 Å². The van der Waals surface area contributed by atoms with Gasteiger partial charge in [0.25, 0.3) is 5.56 Å². The number of rotatable bonds is 3. The average Bonchev–Trinajstić information content (AvgIpc) is 2.99. The van der Waals surface area contributed by atoms with E-state index < -0.39 is 36.7 Å². The SMILES string of the molecule is NO[C@@H]1[C@H](O)[C@@H](CO)O[C@H]1n1cnc2c(=O)[nH]c(N)nc21. The lowest BCUT2D eigenvalue weighted by molar-refractivity contribution is -0.0717. The van der Waals surface area contributed by atoms with E-state index in [2.05, 4.69) is 15.0 Å². The van der Waals surface area contributed by atoms with Crippen LogP contribution in [0.4, 0.5) is 5.95 Å². The number of nitrogens with zero attached hydrogens (tertiary/aromatic N) is 3. The third kappa shape index (κ3) is 2.07. The number of aliphatic hydroxyl groups is 2. The van der Waals surface area contributed by atoms with Gasteiger partial charge in [-0.2, -0.15) is 4.98 Å². The summed E-state index contributed by atoms with van der Waals surface area (Å²) in [5.41, 5.74) is 5.23. The Kier molecular flexibility index (Phi) is 3.35. The van der Waals surface area contributed by atoms with Crippen LogP contribution in [0.2, 0.25) is 0 Å². The predicted octanol–water partition coefficient (Wildman–Crippen LogP) is -2.79. The number of aliphatic hydroxyl groups excluding tert-OH is 2. The molecule has 1 aliphatic rings. The highest BCUT2D eigenvalue weighted by atomic mass is 16.7. The minimum Gasteiger partial charge on any atom is -0.394 e. The molecule has 4 atom stereocenters. The fourth-order valence-corrected chi connectivity index (χ4v) is 2.37. The fraction of sp³-hybridized carbons (Fsp3) is 0.500. The Morgan fingerprint density at radius 2 is 2.33 bits per heavy atom. The standard InChI is InChI=1S/C10H14N6O5/c11-10-14-7-4(8(19)15-10)13-2-16(7)9-6(21-12)5(18)3(1-17)20-9/h2-3,5-6,9,17-18H,1,12H2,(H3,11,14,15,19)/t3-,5-,6-,9-/m1/s1. The molecule has 0 bridgehead atoms. The Bertz CT molecular complexity index is 714. The molecule has 0 radical (unpaired) electrons. The first kappa shape index (κ1) is 13.9. The van der Waals surface area contributed by atoms with E-state index in [0.29, 0.717) is 0 Å². The highest BCUT2D eigenvalue weighted by Crippen LogP contribution is 2.32. The molecule has 11 nitrogen and oxygen atoms in total. The molecule has 114 valence electrons. The summed E-state index contributed by atoms with van der Waals surface area (Å²) in [5.74, 6) is 5.09. The summed E-state index contributed by atoms with van der Waals surface area (Å²) in [6.45, 7) is -0.416. The number of aromatic amines is 1. The van der Waals surface area contributed by atoms with E-state index in [0.717, 1.165) is 0 Å². The van der Waals surface area contributed by atoms with Crippen molar-refractivity contribution < 1.29 is 19.8 Å². The largest absolute Gasteiger partial charge is 0.394 e. The van der Waals surface area contributed by atoms with Crippen LogP contribution in [0.3, 0.4) is 0 Å². The number of aromatic nitrogens is 4. The molecule has 0 saturated carbocycles. The van der Waals surface area contributed by atoms with Crippen LogP contribution >= 0.6 is 0 Å². The van der Waals surface area contributed by atoms with E-state index in [1.54, 1.807) is 0 Å². The molecule has 0 aromatic carbocycles. The lowest BCUT2D eigenvalue weighted by Gasteiger charge is -2.19. The smallest absolute Gasteiger partial charge is 0.280 e. The Balaban J connectivity index is 2.10. The van der Waals surface area contributed by atoms with E-state index in [4.69, 9.17) is 26.3 Å². The number of H-pyrrole nitrogens is 1. The van der Waals surface area contributed by atoms with Crippen molar-refractivity contribution in [3.63, 3.8) is 0 Å². The van der Waals surface area contributed by atoms with Crippen LogP contribution in [0, 0.1) is 0 Å². The summed E-state index contributed by atoms with van der Waals surface area (Å²) in [6, 6.07) is 0. The van der Waals surface area contributed by atoms with Gasteiger partial charge in [-0.3, -0.25) is 19.2 Å². The van der Waals surface area contributed by atoms with Gasteiger partial charge >= 0.3 is 0 Å². The van der Waals surface area contributed by atoms with Gasteiger partial charge < -0.3 is 20.7 Å². The average molecular weight is 298 g/mol. The van der Waals surface area contributed by atoms with Gasteiger partial charge in [-0.05, 0) is 0 Å². The molecule has 0 aliphatic carbocycles. The lowest BCUT2D eigenvalue weighted by atomic mass is 10.1. The molecule has 2 aromatic heterocycles. The molecule has 0 amide bonds. The number of nitrogen functional groups attached to an aromatic ring is 1. The van der Waals surface area contributed by atoms with Crippen LogP contribution in [-0.2, 0) is 9.57 Å². The van der Waals surface area contributed by atoms with Gasteiger partial charge in [-0.15, -0.1) is 0 Å². The highest BCUT2D eigenvalue weighted by molar-refractivity contribution is 5.70. The van der Waals surface area contributed by atoms with E-state index >= 15 is 0 Å². The Hall–Kier alpha value is -2.05. The van der Waals surface area contributed by atoms with Crippen molar-refractivity contribution in [2.45, 2.75) is 24.5 Å². The monoisotopic (exact) mass is 298 g/mol. The second kappa shape index (κ2) is 5.05. The maximum Gasteiger partial charge on any atom is 0.280 e. The van der Waals surface area contributed by atoms with Crippen molar-refractivity contribution in [2.75, 3.05) is 12.3 Å². The molecule has 11 heteroatoms. The number of fused-ring (bicyclic) bond motifs is 1. The first-order valence-corrected chi connectivity index (χ1v) is 6.09. The molecule has 1 fully saturated rings. The minimum absolute atomic E-state index is 0.0607. The van der Waals surface area contributed by atoms with Gasteiger partial charge in [0, 0.05) is 0 Å². The molecule has 1 saturated heterocycles. The van der Waals surface area contributed by atoms with Crippen LogP contribution in [-0.4, -0.2) is 54.7 Å². The van der Waals surface area contributed by atoms with E-state index in [9.17, 15) is 9.90 Å². The van der Waals surface area contributed by atoms with Crippen molar-refractivity contribution in [3.8, 4) is 0 Å². The fourth-order valence-electron chi connectivity index (χ4n) is 2.37. The molecule has 0 unspecified atom stereocenters. The second-order valence-electron chi connectivity index (χ2n) is 4.61. The molecule has 3 heterocycles. The van der Waals surface area contributed by atoms with Gasteiger partial charge in [-0.25, -0.2) is 10.9 Å². The summed E-state index contributed by atoms with van der Waals surface area (Å²) < 4.78 is 6.86. The zero-order valence-electron chi connectivity index (χ0n) is 10.7. The third-order valence-corrected chi connectivity index (χ3v) is 3.37. The van der Waals surface area contributed by atoms with Crippen molar-refractivity contribution >= 4 is 17.1 Å². The maximum absolute atomic E-state index is 11.7. The predicted molar refractivity (Wildman–Crippen MR) is 68.6 cm³/mol. The van der Waals surface area contributed by atoms with Crippen molar-refractivity contribution in [2.24, 2.45) is 5.90 Å². The number of imidazole rings is 1. The van der Waals surface area contributed by atoms with Gasteiger partial charge in [0.15, 0.2) is 23.5 Å². The van der Waals surface area contributed by atoms with Crippen LogP contribution in [0.25, 0.3) is 11.2 Å². The maximum atomic E-state index is 11.7. The number of nitrogens with one attached hydrogen (secondary N) is 1. The quantitative estimate of drug-likeness (QED) is 0.375. The summed E-state index contributed by atoms with van der Waals surface area (Å²) in [5, 5.41) is 19.1. The number of hydrogen-bond donors (Lipinski definition) is 5. The molecule has 3 rings (SSSR count). The summed E-state index contributed by atoms with van der Waals surface area (Å²) >= 11 is 0. The lowest BCUT2D eigenvalue weighted by Crippen LogP contribution is -2.37.